The molecule has 1 aromatic heterocycles. The Morgan fingerprint density at radius 3 is 3.00 bits per heavy atom. The van der Waals surface area contributed by atoms with E-state index in [1.165, 1.54) is 17.7 Å². The average molecular weight is 324 g/mol. The van der Waals surface area contributed by atoms with Gasteiger partial charge < -0.3 is 15.4 Å². The van der Waals surface area contributed by atoms with E-state index in [9.17, 15) is 0 Å². The summed E-state index contributed by atoms with van der Waals surface area (Å²) in [6.07, 6.45) is 3.80. The fourth-order valence-corrected chi connectivity index (χ4v) is 3.07. The molecule has 2 rings (SSSR count). The maximum atomic E-state index is 5.64. The summed E-state index contributed by atoms with van der Waals surface area (Å²) in [5, 5.41) is 8.78. The fourth-order valence-electron chi connectivity index (χ4n) is 2.20. The van der Waals surface area contributed by atoms with Crippen molar-refractivity contribution in [2.75, 3.05) is 32.8 Å². The van der Waals surface area contributed by atoms with Crippen molar-refractivity contribution in [2.45, 2.75) is 33.1 Å². The van der Waals surface area contributed by atoms with Crippen molar-refractivity contribution in [3.8, 4) is 0 Å². The smallest absolute Gasteiger partial charge is 0.191 e. The van der Waals surface area contributed by atoms with Crippen LogP contribution in [-0.2, 0) is 11.2 Å². The Labute approximate surface area is 138 Å². The van der Waals surface area contributed by atoms with E-state index in [0.717, 1.165) is 51.1 Å². The highest BCUT2D eigenvalue weighted by Gasteiger charge is 2.20. The summed E-state index contributed by atoms with van der Waals surface area (Å²) in [5.41, 5.74) is 0. The number of hydrogen-bond acceptors (Lipinski definition) is 3. The van der Waals surface area contributed by atoms with Crippen LogP contribution in [0.15, 0.2) is 22.5 Å². The van der Waals surface area contributed by atoms with E-state index in [-0.39, 0.29) is 0 Å². The number of guanidine groups is 1. The Morgan fingerprint density at radius 1 is 1.45 bits per heavy atom. The Bertz CT molecular complexity index is 429. The van der Waals surface area contributed by atoms with Gasteiger partial charge in [-0.2, -0.15) is 0 Å². The number of nitrogens with one attached hydrogen (secondary N) is 2. The van der Waals surface area contributed by atoms with Gasteiger partial charge in [-0.3, -0.25) is 4.99 Å². The van der Waals surface area contributed by atoms with E-state index in [1.54, 1.807) is 0 Å². The first-order valence-electron chi connectivity index (χ1n) is 8.40. The SMILES string of the molecule is CCNC(=NCC(C)Cc1cccs1)NCCOCC1CC1. The van der Waals surface area contributed by atoms with Gasteiger partial charge >= 0.3 is 0 Å². The molecule has 1 aliphatic rings. The van der Waals surface area contributed by atoms with Crippen LogP contribution in [-0.4, -0.2) is 38.8 Å². The minimum atomic E-state index is 0.556. The molecule has 0 aliphatic heterocycles. The summed E-state index contributed by atoms with van der Waals surface area (Å²) < 4.78 is 5.64. The third-order valence-corrected chi connectivity index (χ3v) is 4.52. The first kappa shape index (κ1) is 17.3. The van der Waals surface area contributed by atoms with Crippen molar-refractivity contribution in [1.82, 2.24) is 10.6 Å². The first-order valence-corrected chi connectivity index (χ1v) is 9.28. The molecular weight excluding hydrogens is 294 g/mol. The number of aliphatic imine (C=N–C) groups is 1. The average Bonchev–Trinajstić information content (AvgIpc) is 3.19. The van der Waals surface area contributed by atoms with Crippen molar-refractivity contribution >= 4 is 17.3 Å². The molecule has 1 atom stereocenters. The zero-order valence-corrected chi connectivity index (χ0v) is 14.6. The summed E-state index contributed by atoms with van der Waals surface area (Å²) in [5.74, 6) is 2.29. The standard InChI is InChI=1S/C17H29N3OS/c1-3-18-17(19-8-9-21-13-15-6-7-15)20-12-14(2)11-16-5-4-10-22-16/h4-5,10,14-15H,3,6-9,11-13H2,1-2H3,(H2,18,19,20). The zero-order chi connectivity index (χ0) is 15.6. The minimum Gasteiger partial charge on any atom is -0.379 e. The molecule has 4 nitrogen and oxygen atoms in total. The quantitative estimate of drug-likeness (QED) is 0.395. The Morgan fingerprint density at radius 2 is 2.32 bits per heavy atom. The monoisotopic (exact) mass is 323 g/mol. The van der Waals surface area contributed by atoms with Crippen LogP contribution in [0.1, 0.15) is 31.6 Å². The number of thiophene rings is 1. The second-order valence-electron chi connectivity index (χ2n) is 6.05. The lowest BCUT2D eigenvalue weighted by Crippen LogP contribution is -2.39. The minimum absolute atomic E-state index is 0.556. The second kappa shape index (κ2) is 9.85. The molecule has 1 aromatic rings. The molecule has 5 heteroatoms. The molecule has 1 aliphatic carbocycles. The van der Waals surface area contributed by atoms with Crippen LogP contribution < -0.4 is 10.6 Å². The van der Waals surface area contributed by atoms with Crippen LogP contribution >= 0.6 is 11.3 Å². The van der Waals surface area contributed by atoms with Gasteiger partial charge in [0.05, 0.1) is 6.61 Å². The number of hydrogen-bond donors (Lipinski definition) is 2. The van der Waals surface area contributed by atoms with E-state index in [2.05, 4.69) is 47.0 Å². The van der Waals surface area contributed by atoms with Crippen molar-refractivity contribution in [1.29, 1.82) is 0 Å². The molecule has 1 saturated carbocycles. The molecule has 124 valence electrons. The van der Waals surface area contributed by atoms with E-state index in [4.69, 9.17) is 4.74 Å². The van der Waals surface area contributed by atoms with Crippen LogP contribution in [0.2, 0.25) is 0 Å². The van der Waals surface area contributed by atoms with E-state index in [1.807, 2.05) is 11.3 Å². The summed E-state index contributed by atoms with van der Waals surface area (Å²) >= 11 is 1.83. The number of ether oxygens (including phenoxy) is 1. The van der Waals surface area contributed by atoms with Crippen LogP contribution in [0.25, 0.3) is 0 Å². The summed E-state index contributed by atoms with van der Waals surface area (Å²) in [6.45, 7) is 8.57. The topological polar surface area (TPSA) is 45.7 Å². The van der Waals surface area contributed by atoms with Crippen LogP contribution in [0, 0.1) is 11.8 Å². The van der Waals surface area contributed by atoms with Gasteiger partial charge in [-0.1, -0.05) is 13.0 Å². The molecule has 0 radical (unpaired) electrons. The number of nitrogens with zero attached hydrogens (tertiary/aromatic N) is 1. The van der Waals surface area contributed by atoms with Gasteiger partial charge in [0.25, 0.3) is 0 Å². The number of rotatable bonds is 10. The first-order chi connectivity index (χ1) is 10.8. The predicted molar refractivity (Wildman–Crippen MR) is 94.7 cm³/mol. The van der Waals surface area contributed by atoms with Crippen LogP contribution in [0.5, 0.6) is 0 Å². The van der Waals surface area contributed by atoms with Gasteiger partial charge in [-0.05, 0) is 49.5 Å². The van der Waals surface area contributed by atoms with Gasteiger partial charge in [0.15, 0.2) is 5.96 Å². The highest BCUT2D eigenvalue weighted by Crippen LogP contribution is 2.28. The lowest BCUT2D eigenvalue weighted by Gasteiger charge is -2.13. The Hall–Kier alpha value is -1.07. The third-order valence-electron chi connectivity index (χ3n) is 3.62. The van der Waals surface area contributed by atoms with Crippen molar-refractivity contribution in [2.24, 2.45) is 16.8 Å². The molecular formula is C17H29N3OS. The molecule has 0 aromatic carbocycles. The predicted octanol–water partition coefficient (Wildman–Crippen LogP) is 2.91. The Balaban J connectivity index is 1.63. The van der Waals surface area contributed by atoms with Crippen LogP contribution in [0.3, 0.4) is 0 Å². The summed E-state index contributed by atoms with van der Waals surface area (Å²) in [6, 6.07) is 4.31. The zero-order valence-electron chi connectivity index (χ0n) is 13.8. The van der Waals surface area contributed by atoms with Gasteiger partial charge in [-0.15, -0.1) is 11.3 Å². The van der Waals surface area contributed by atoms with Crippen molar-refractivity contribution in [3.63, 3.8) is 0 Å². The molecule has 0 saturated heterocycles. The lowest BCUT2D eigenvalue weighted by atomic mass is 10.1. The molecule has 1 fully saturated rings. The van der Waals surface area contributed by atoms with E-state index < -0.39 is 0 Å². The van der Waals surface area contributed by atoms with Gasteiger partial charge in [-0.25, -0.2) is 0 Å². The lowest BCUT2D eigenvalue weighted by molar-refractivity contribution is 0.129. The maximum absolute atomic E-state index is 5.64. The van der Waals surface area contributed by atoms with E-state index in [0.29, 0.717) is 5.92 Å². The largest absolute Gasteiger partial charge is 0.379 e. The van der Waals surface area contributed by atoms with Crippen molar-refractivity contribution in [3.05, 3.63) is 22.4 Å². The van der Waals surface area contributed by atoms with E-state index >= 15 is 0 Å². The molecule has 0 amide bonds. The third kappa shape index (κ3) is 7.27. The molecule has 2 N–H and O–H groups in total. The molecule has 1 heterocycles. The molecule has 1 unspecified atom stereocenters. The second-order valence-corrected chi connectivity index (χ2v) is 7.09. The Kier molecular flexibility index (Phi) is 7.74. The highest BCUT2D eigenvalue weighted by atomic mass is 32.1. The van der Waals surface area contributed by atoms with Crippen molar-refractivity contribution < 1.29 is 4.74 Å². The van der Waals surface area contributed by atoms with Gasteiger partial charge in [0.1, 0.15) is 0 Å². The molecule has 0 bridgehead atoms. The van der Waals surface area contributed by atoms with Crippen LogP contribution in [0.4, 0.5) is 0 Å². The summed E-state index contributed by atoms with van der Waals surface area (Å²) in [4.78, 5) is 6.12. The highest BCUT2D eigenvalue weighted by molar-refractivity contribution is 7.09. The fraction of sp³-hybridized carbons (Fsp3) is 0.706. The van der Waals surface area contributed by atoms with Gasteiger partial charge in [0.2, 0.25) is 0 Å². The maximum Gasteiger partial charge on any atom is 0.191 e. The van der Waals surface area contributed by atoms with Gasteiger partial charge in [0, 0.05) is 31.1 Å². The molecule has 22 heavy (non-hydrogen) atoms. The normalized spacial score (nSPS) is 16.5. The summed E-state index contributed by atoms with van der Waals surface area (Å²) in [7, 11) is 0. The molecule has 0 spiro atoms.